The van der Waals surface area contributed by atoms with E-state index in [-0.39, 0.29) is 0 Å². The van der Waals surface area contributed by atoms with Crippen molar-refractivity contribution < 1.29 is 4.74 Å². The minimum Gasteiger partial charge on any atom is -0.494 e. The Hall–Kier alpha value is -1.06. The molecule has 1 fully saturated rings. The van der Waals surface area contributed by atoms with Gasteiger partial charge in [-0.3, -0.25) is 4.90 Å². The van der Waals surface area contributed by atoms with E-state index in [1.54, 1.807) is 0 Å². The molecule has 2 unspecified atom stereocenters. The van der Waals surface area contributed by atoms with Crippen LogP contribution in [0.3, 0.4) is 0 Å². The zero-order valence-corrected chi connectivity index (χ0v) is 12.8. The lowest BCUT2D eigenvalue weighted by atomic mass is 9.95. The average molecular weight is 276 g/mol. The largest absolute Gasteiger partial charge is 0.494 e. The number of rotatable bonds is 6. The molecule has 0 aliphatic carbocycles. The summed E-state index contributed by atoms with van der Waals surface area (Å²) in [5.41, 5.74) is 7.26. The van der Waals surface area contributed by atoms with E-state index in [2.05, 4.69) is 36.9 Å². The first-order valence-electron chi connectivity index (χ1n) is 7.92. The number of hydrogen-bond donors (Lipinski definition) is 1. The predicted octanol–water partition coefficient (Wildman–Crippen LogP) is 3.18. The third kappa shape index (κ3) is 3.97. The molecule has 2 rings (SSSR count). The van der Waals surface area contributed by atoms with Gasteiger partial charge in [-0.05, 0) is 43.9 Å². The van der Waals surface area contributed by atoms with Gasteiger partial charge in [-0.1, -0.05) is 25.5 Å². The number of hydrogen-bond acceptors (Lipinski definition) is 3. The molecule has 3 nitrogen and oxygen atoms in total. The first-order valence-corrected chi connectivity index (χ1v) is 7.92. The van der Waals surface area contributed by atoms with Crippen molar-refractivity contribution in [2.24, 2.45) is 5.73 Å². The topological polar surface area (TPSA) is 38.5 Å². The minimum atomic E-state index is 0.527. The van der Waals surface area contributed by atoms with Crippen molar-refractivity contribution >= 4 is 0 Å². The summed E-state index contributed by atoms with van der Waals surface area (Å²) in [6.45, 7) is 6.97. The lowest BCUT2D eigenvalue weighted by molar-refractivity contribution is 0.0891. The summed E-state index contributed by atoms with van der Waals surface area (Å²) in [7, 11) is 0. The SMILES string of the molecule is CCCOc1cccc(CN2C(C)CCCC2CN)c1. The van der Waals surface area contributed by atoms with Crippen molar-refractivity contribution in [3.8, 4) is 5.75 Å². The van der Waals surface area contributed by atoms with Gasteiger partial charge in [-0.2, -0.15) is 0 Å². The quantitative estimate of drug-likeness (QED) is 0.867. The van der Waals surface area contributed by atoms with Crippen molar-refractivity contribution in [1.29, 1.82) is 0 Å². The van der Waals surface area contributed by atoms with Crippen LogP contribution in [0.5, 0.6) is 5.75 Å². The number of piperidine rings is 1. The summed E-state index contributed by atoms with van der Waals surface area (Å²) in [4.78, 5) is 2.56. The van der Waals surface area contributed by atoms with Gasteiger partial charge in [-0.25, -0.2) is 0 Å². The van der Waals surface area contributed by atoms with Crippen LogP contribution in [0.1, 0.15) is 45.1 Å². The van der Waals surface area contributed by atoms with Crippen LogP contribution in [0.2, 0.25) is 0 Å². The number of nitrogens with two attached hydrogens (primary N) is 1. The zero-order valence-electron chi connectivity index (χ0n) is 12.8. The number of ether oxygens (including phenoxy) is 1. The van der Waals surface area contributed by atoms with Crippen LogP contribution in [0.4, 0.5) is 0 Å². The van der Waals surface area contributed by atoms with Crippen molar-refractivity contribution in [3.05, 3.63) is 29.8 Å². The molecule has 0 spiro atoms. The van der Waals surface area contributed by atoms with E-state index in [1.807, 2.05) is 6.07 Å². The normalized spacial score (nSPS) is 23.8. The van der Waals surface area contributed by atoms with E-state index in [0.29, 0.717) is 12.1 Å². The lowest BCUT2D eigenvalue weighted by Gasteiger charge is -2.40. The molecule has 1 heterocycles. The van der Waals surface area contributed by atoms with Crippen LogP contribution in [0, 0.1) is 0 Å². The summed E-state index contributed by atoms with van der Waals surface area (Å²) in [5, 5.41) is 0. The fourth-order valence-electron chi connectivity index (χ4n) is 3.04. The molecular formula is C17H28N2O. The first kappa shape index (κ1) is 15.3. The van der Waals surface area contributed by atoms with Crippen LogP contribution in [0.15, 0.2) is 24.3 Å². The van der Waals surface area contributed by atoms with Crippen LogP contribution in [-0.2, 0) is 6.54 Å². The van der Waals surface area contributed by atoms with E-state index in [9.17, 15) is 0 Å². The van der Waals surface area contributed by atoms with Crippen molar-refractivity contribution in [1.82, 2.24) is 4.90 Å². The molecular weight excluding hydrogens is 248 g/mol. The monoisotopic (exact) mass is 276 g/mol. The van der Waals surface area contributed by atoms with Gasteiger partial charge in [-0.15, -0.1) is 0 Å². The van der Waals surface area contributed by atoms with Gasteiger partial charge >= 0.3 is 0 Å². The fraction of sp³-hybridized carbons (Fsp3) is 0.647. The van der Waals surface area contributed by atoms with Crippen LogP contribution in [-0.4, -0.2) is 30.1 Å². The second kappa shape index (κ2) is 7.65. The Morgan fingerprint density at radius 2 is 2.20 bits per heavy atom. The van der Waals surface area contributed by atoms with E-state index < -0.39 is 0 Å². The highest BCUT2D eigenvalue weighted by atomic mass is 16.5. The summed E-state index contributed by atoms with van der Waals surface area (Å²) in [6, 6.07) is 9.64. The maximum Gasteiger partial charge on any atom is 0.119 e. The maximum absolute atomic E-state index is 5.94. The van der Waals surface area contributed by atoms with Gasteiger partial charge in [0, 0.05) is 25.2 Å². The van der Waals surface area contributed by atoms with Crippen LogP contribution >= 0.6 is 0 Å². The summed E-state index contributed by atoms with van der Waals surface area (Å²) >= 11 is 0. The van der Waals surface area contributed by atoms with Crippen LogP contribution in [0.25, 0.3) is 0 Å². The number of benzene rings is 1. The van der Waals surface area contributed by atoms with Crippen molar-refractivity contribution in [2.45, 2.75) is 58.2 Å². The Kier molecular flexibility index (Phi) is 5.86. The Balaban J connectivity index is 2.03. The molecule has 1 saturated heterocycles. The van der Waals surface area contributed by atoms with E-state index in [1.165, 1.54) is 24.8 Å². The molecule has 2 atom stereocenters. The second-order valence-electron chi connectivity index (χ2n) is 5.84. The molecule has 112 valence electrons. The smallest absolute Gasteiger partial charge is 0.119 e. The standard InChI is InChI=1S/C17H28N2O/c1-3-10-20-17-9-5-7-15(11-17)13-19-14(2)6-4-8-16(19)12-18/h5,7,9,11,14,16H,3-4,6,8,10,12-13,18H2,1-2H3. The Labute approximate surface area is 123 Å². The molecule has 0 saturated carbocycles. The molecule has 3 heteroatoms. The zero-order chi connectivity index (χ0) is 14.4. The fourth-order valence-corrected chi connectivity index (χ4v) is 3.04. The lowest BCUT2D eigenvalue weighted by Crippen LogP contribution is -2.48. The van der Waals surface area contributed by atoms with Crippen molar-refractivity contribution in [2.75, 3.05) is 13.2 Å². The number of nitrogens with zero attached hydrogens (tertiary/aromatic N) is 1. The molecule has 0 bridgehead atoms. The highest BCUT2D eigenvalue weighted by Gasteiger charge is 2.26. The number of likely N-dealkylation sites (tertiary alicyclic amines) is 1. The molecule has 1 aliphatic rings. The first-order chi connectivity index (χ1) is 9.74. The Bertz CT molecular complexity index is 408. The highest BCUT2D eigenvalue weighted by molar-refractivity contribution is 5.28. The summed E-state index contributed by atoms with van der Waals surface area (Å²) in [5.74, 6) is 0.985. The average Bonchev–Trinajstić information content (AvgIpc) is 2.47. The molecule has 0 amide bonds. The Morgan fingerprint density at radius 3 is 2.95 bits per heavy atom. The Morgan fingerprint density at radius 1 is 1.35 bits per heavy atom. The summed E-state index contributed by atoms with van der Waals surface area (Å²) < 4.78 is 5.72. The minimum absolute atomic E-state index is 0.527. The van der Waals surface area contributed by atoms with E-state index in [0.717, 1.165) is 31.9 Å². The van der Waals surface area contributed by atoms with Gasteiger partial charge in [0.05, 0.1) is 6.61 Å². The van der Waals surface area contributed by atoms with Gasteiger partial charge in [0.2, 0.25) is 0 Å². The molecule has 0 radical (unpaired) electrons. The van der Waals surface area contributed by atoms with Crippen molar-refractivity contribution in [3.63, 3.8) is 0 Å². The van der Waals surface area contributed by atoms with E-state index in [4.69, 9.17) is 10.5 Å². The third-order valence-electron chi connectivity index (χ3n) is 4.20. The van der Waals surface area contributed by atoms with Crippen LogP contribution < -0.4 is 10.5 Å². The van der Waals surface area contributed by atoms with Gasteiger partial charge in [0.15, 0.2) is 0 Å². The molecule has 20 heavy (non-hydrogen) atoms. The molecule has 1 aromatic carbocycles. The molecule has 1 aliphatic heterocycles. The van der Waals surface area contributed by atoms with Gasteiger partial charge in [0.1, 0.15) is 5.75 Å². The highest BCUT2D eigenvalue weighted by Crippen LogP contribution is 2.25. The molecule has 1 aromatic rings. The second-order valence-corrected chi connectivity index (χ2v) is 5.84. The van der Waals surface area contributed by atoms with E-state index >= 15 is 0 Å². The maximum atomic E-state index is 5.94. The third-order valence-corrected chi connectivity index (χ3v) is 4.20. The van der Waals surface area contributed by atoms with Gasteiger partial charge < -0.3 is 10.5 Å². The molecule has 0 aromatic heterocycles. The van der Waals surface area contributed by atoms with Gasteiger partial charge in [0.25, 0.3) is 0 Å². The molecule has 2 N–H and O–H groups in total. The summed E-state index contributed by atoms with van der Waals surface area (Å²) in [6.07, 6.45) is 4.86. The predicted molar refractivity (Wildman–Crippen MR) is 83.9 cm³/mol.